The van der Waals surface area contributed by atoms with E-state index in [0.29, 0.717) is 55.8 Å². The number of benzene rings is 9. The minimum atomic E-state index is -3.88. The zero-order valence-corrected chi connectivity index (χ0v) is 38.3. The quantitative estimate of drug-likeness (QED) is 0.133. The van der Waals surface area contributed by atoms with E-state index in [9.17, 15) is 31.8 Å². The van der Waals surface area contributed by atoms with Gasteiger partial charge in [0.1, 0.15) is 28.7 Å². The van der Waals surface area contributed by atoms with Gasteiger partial charge in [-0.3, -0.25) is 4.79 Å². The van der Waals surface area contributed by atoms with Crippen LogP contribution in [0, 0.1) is 0 Å². The summed E-state index contributed by atoms with van der Waals surface area (Å²) in [6, 6.07) is 52.1. The molecule has 0 radical (unpaired) electrons. The van der Waals surface area contributed by atoms with Crippen LogP contribution in [0.25, 0.3) is 43.4 Å². The Morgan fingerprint density at radius 1 is 0.500 bits per heavy atom. The van der Waals surface area contributed by atoms with Crippen molar-refractivity contribution in [1.29, 1.82) is 0 Å². The Kier molecular flexibility index (Phi) is 13.4. The molecule has 1 aliphatic carbocycles. The molecule has 0 bridgehead atoms. The van der Waals surface area contributed by atoms with Gasteiger partial charge in [-0.1, -0.05) is 109 Å². The normalized spacial score (nSPS) is 12.7. The molecule has 0 amide bonds. The van der Waals surface area contributed by atoms with Gasteiger partial charge in [-0.15, -0.1) is 0 Å². The molecule has 0 aromatic heterocycles. The number of hydrogen-bond donors (Lipinski definition) is 3. The van der Waals surface area contributed by atoms with Crippen LogP contribution in [0.3, 0.4) is 0 Å². The van der Waals surface area contributed by atoms with Gasteiger partial charge in [0.05, 0.1) is 35.5 Å². The van der Waals surface area contributed by atoms with Crippen LogP contribution in [0.1, 0.15) is 21.5 Å². The highest BCUT2D eigenvalue weighted by Gasteiger charge is 2.23. The third-order valence-electron chi connectivity index (χ3n) is 11.2. The third kappa shape index (κ3) is 9.94. The molecule has 13 heteroatoms. The maximum atomic E-state index is 13.3. The van der Waals surface area contributed by atoms with Crippen LogP contribution in [0.5, 0.6) is 28.7 Å². The lowest BCUT2D eigenvalue weighted by atomic mass is 9.92. The number of ketones is 1. The third-order valence-corrected chi connectivity index (χ3v) is 14.2. The fourth-order valence-corrected chi connectivity index (χ4v) is 10.2. The zero-order valence-electron chi connectivity index (χ0n) is 36.6. The second-order valence-corrected chi connectivity index (χ2v) is 19.1. The van der Waals surface area contributed by atoms with Crippen molar-refractivity contribution >= 4 is 63.7 Å². The molecule has 3 N–H and O–H groups in total. The van der Waals surface area contributed by atoms with Gasteiger partial charge in [0, 0.05) is 27.6 Å². The van der Waals surface area contributed by atoms with Crippen molar-refractivity contribution in [2.24, 2.45) is 4.40 Å². The van der Waals surface area contributed by atoms with Crippen LogP contribution >= 0.6 is 0 Å². The van der Waals surface area contributed by atoms with E-state index in [4.69, 9.17) is 14.6 Å². The summed E-state index contributed by atoms with van der Waals surface area (Å²) in [6.07, 6.45) is 2.75. The van der Waals surface area contributed by atoms with Gasteiger partial charge in [0.15, 0.2) is 15.6 Å². The molecular weight excluding hydrogens is 899 g/mol. The number of nitrogens with zero attached hydrogens (tertiary/aromatic N) is 1. The van der Waals surface area contributed by atoms with E-state index >= 15 is 0 Å². The molecule has 10 rings (SSSR count). The van der Waals surface area contributed by atoms with Crippen molar-refractivity contribution < 1.29 is 46.4 Å². The van der Waals surface area contributed by atoms with E-state index in [1.807, 2.05) is 54.6 Å². The maximum Gasteiger partial charge on any atom is 0.282 e. The molecule has 1 aliphatic rings. The van der Waals surface area contributed by atoms with E-state index in [0.717, 1.165) is 21.5 Å². The predicted molar refractivity (Wildman–Crippen MR) is 266 cm³/mol. The molecule has 0 saturated heterocycles. The summed E-state index contributed by atoms with van der Waals surface area (Å²) in [4.78, 5) is 12.1. The molecule has 0 atom stereocenters. The molecule has 340 valence electrons. The zero-order chi connectivity index (χ0) is 48.0. The lowest BCUT2D eigenvalue weighted by Gasteiger charge is -2.16. The largest absolute Gasteiger partial charge is 0.508 e. The lowest BCUT2D eigenvalue weighted by molar-refractivity contribution is 0.104. The Hall–Kier alpha value is -8.26. The van der Waals surface area contributed by atoms with E-state index in [1.165, 1.54) is 50.6 Å². The second kappa shape index (κ2) is 19.7. The van der Waals surface area contributed by atoms with Crippen molar-refractivity contribution in [3.8, 4) is 39.9 Å². The Labute approximate surface area is 393 Å². The fourth-order valence-electron chi connectivity index (χ4n) is 7.80. The Bertz CT molecular complexity index is 3640. The van der Waals surface area contributed by atoms with Gasteiger partial charge in [0.25, 0.3) is 10.0 Å². The summed E-state index contributed by atoms with van der Waals surface area (Å²) < 4.78 is 65.5. The highest BCUT2D eigenvalue weighted by atomic mass is 32.2. The van der Waals surface area contributed by atoms with E-state index in [-0.39, 0.29) is 38.5 Å². The molecule has 0 aliphatic heterocycles. The van der Waals surface area contributed by atoms with Crippen LogP contribution in [-0.4, -0.2) is 57.9 Å². The van der Waals surface area contributed by atoms with Gasteiger partial charge in [-0.25, -0.2) is 8.42 Å². The monoisotopic (exact) mass is 941 g/mol. The fraction of sp³-hybridized carbons (Fsp3) is 0.0545. The van der Waals surface area contributed by atoms with Gasteiger partial charge in [-0.2, -0.15) is 12.8 Å². The number of phenolic OH excluding ortho intramolecular Hbond substituents is 3. The van der Waals surface area contributed by atoms with Crippen LogP contribution in [0.4, 0.5) is 0 Å². The maximum absolute atomic E-state index is 13.3. The van der Waals surface area contributed by atoms with Crippen molar-refractivity contribution in [3.63, 3.8) is 0 Å². The highest BCUT2D eigenvalue weighted by molar-refractivity contribution is 7.90. The molecule has 0 fully saturated rings. The Balaban J connectivity index is 0.000000157. The van der Waals surface area contributed by atoms with E-state index in [1.54, 1.807) is 103 Å². The number of phenols is 3. The molecule has 68 heavy (non-hydrogen) atoms. The standard InChI is InChI=1S/C28H22O5S.C17H13NO4S.C10H8O/c1-33-20-11-13-21(14-12-20)34(31,32)17-19-16-25(28(30)24-9-5-4-7-22(19)24)27-23-8-3-2-6-18(23)10-15-26(27)29;1-22-12-6-8-13(9-7-12)23(20,21)18-16-10-11-17(19)15-5-3-2-4-14(15)16;11-10-6-5-8-3-1-2-4-9(8)7-10/h2-16,29-30H,17H2,1H3;2-11H,1H3;1-7,11H. The van der Waals surface area contributed by atoms with Crippen LogP contribution in [-0.2, 0) is 25.6 Å². The summed E-state index contributed by atoms with van der Waals surface area (Å²) in [7, 11) is -4.54. The van der Waals surface area contributed by atoms with E-state index in [2.05, 4.69) is 4.40 Å². The lowest BCUT2D eigenvalue weighted by Crippen LogP contribution is -2.14. The first-order chi connectivity index (χ1) is 32.8. The smallest absolute Gasteiger partial charge is 0.282 e. The summed E-state index contributed by atoms with van der Waals surface area (Å²) >= 11 is 0. The number of sulfonamides is 1. The number of methoxy groups -OCH3 is 2. The average molecular weight is 942 g/mol. The van der Waals surface area contributed by atoms with Crippen molar-refractivity contribution in [3.05, 3.63) is 211 Å². The van der Waals surface area contributed by atoms with E-state index < -0.39 is 19.9 Å². The predicted octanol–water partition coefficient (Wildman–Crippen LogP) is 11.2. The van der Waals surface area contributed by atoms with Crippen molar-refractivity contribution in [1.82, 2.24) is 0 Å². The number of rotatable bonds is 8. The number of aromatic hydroxyl groups is 3. The summed E-state index contributed by atoms with van der Waals surface area (Å²) in [5.41, 5.74) is 2.58. The Morgan fingerprint density at radius 3 is 1.71 bits per heavy atom. The number of carbonyl (C=O) groups is 1. The van der Waals surface area contributed by atoms with Crippen LogP contribution in [0.2, 0.25) is 0 Å². The average Bonchev–Trinajstić information content (AvgIpc) is 3.36. The highest BCUT2D eigenvalue weighted by Crippen LogP contribution is 2.45. The molecular formula is C55H43NO10S2. The molecule has 9 aromatic carbocycles. The number of ether oxygens (including phenoxy) is 2. The van der Waals surface area contributed by atoms with Gasteiger partial charge >= 0.3 is 0 Å². The first kappa shape index (κ1) is 46.3. The molecule has 0 saturated carbocycles. The SMILES string of the molecule is COc1ccc(S(=O)(=O)Cc2cc(-c3c(O)ccc4ccccc34)c(O)c3ccccc23)cc1.COc1ccc(S(=O)(=O)N=C2C=CC(=O)c3ccccc32)cc1.Oc1ccc2ccccc2c1. The number of allylic oxidation sites excluding steroid dienone is 2. The molecule has 0 unspecified atom stereocenters. The molecule has 9 aromatic rings. The first-order valence-corrected chi connectivity index (χ1v) is 24.2. The number of carbonyl (C=O) groups excluding carboxylic acids is 1. The molecule has 0 spiro atoms. The minimum absolute atomic E-state index is 0.00662. The van der Waals surface area contributed by atoms with Crippen LogP contribution < -0.4 is 9.47 Å². The first-order valence-electron chi connectivity index (χ1n) is 21.1. The second-order valence-electron chi connectivity index (χ2n) is 15.5. The van der Waals surface area contributed by atoms with Gasteiger partial charge in [-0.05, 0) is 117 Å². The molecule has 11 nitrogen and oxygen atoms in total. The van der Waals surface area contributed by atoms with Gasteiger partial charge in [0.2, 0.25) is 0 Å². The van der Waals surface area contributed by atoms with Crippen molar-refractivity contribution in [2.45, 2.75) is 15.5 Å². The number of hydrogen-bond acceptors (Lipinski definition) is 10. The number of fused-ring (bicyclic) bond motifs is 4. The number of sulfone groups is 1. The summed E-state index contributed by atoms with van der Waals surface area (Å²) in [5, 5.41) is 36.2. The topological polar surface area (TPSA) is 177 Å². The summed E-state index contributed by atoms with van der Waals surface area (Å²) in [6.45, 7) is 0. The van der Waals surface area contributed by atoms with Gasteiger partial charge < -0.3 is 24.8 Å². The molecule has 0 heterocycles. The van der Waals surface area contributed by atoms with Crippen LogP contribution in [0.15, 0.2) is 208 Å². The minimum Gasteiger partial charge on any atom is -0.508 e. The summed E-state index contributed by atoms with van der Waals surface area (Å²) in [5.74, 6) is 1.03. The Morgan fingerprint density at radius 2 is 1.04 bits per heavy atom. The van der Waals surface area contributed by atoms with Crippen molar-refractivity contribution in [2.75, 3.05) is 14.2 Å².